The second kappa shape index (κ2) is 19.3. The fourth-order valence-electron chi connectivity index (χ4n) is 7.60. The number of carbonyl (C=O) groups is 7. The number of esters is 1. The average Bonchev–Trinajstić information content (AvgIpc) is 3.18. The van der Waals surface area contributed by atoms with Crippen LogP contribution in [0, 0.1) is 23.7 Å². The van der Waals surface area contributed by atoms with Crippen LogP contribution >= 0.6 is 0 Å². The second-order valence-corrected chi connectivity index (χ2v) is 16.1. The number of hydrazine groups is 1. The average molecular weight is 793 g/mol. The molecule has 4 heterocycles. The number of carbonyl (C=O) groups excluding carboxylic acids is 7. The monoisotopic (exact) mass is 792 g/mol. The van der Waals surface area contributed by atoms with Gasteiger partial charge in [0.15, 0.2) is 6.04 Å². The van der Waals surface area contributed by atoms with E-state index in [0.29, 0.717) is 31.2 Å². The highest BCUT2D eigenvalue weighted by molar-refractivity contribution is 5.96. The molecule has 0 aliphatic carbocycles. The minimum absolute atomic E-state index is 0.0207. The Morgan fingerprint density at radius 1 is 0.911 bits per heavy atom. The summed E-state index contributed by atoms with van der Waals surface area (Å²) in [6.45, 7) is 13.3. The van der Waals surface area contributed by atoms with E-state index in [1.54, 1.807) is 20.8 Å². The molecule has 4 aliphatic heterocycles. The van der Waals surface area contributed by atoms with Crippen LogP contribution in [0.4, 0.5) is 0 Å². The molecule has 0 aromatic heterocycles. The number of hydrogen-bond donors (Lipinski definition) is 5. The van der Waals surface area contributed by atoms with Gasteiger partial charge in [-0.1, -0.05) is 34.6 Å². The molecular weight excluding hydrogens is 732 g/mol. The number of nitrogens with one attached hydrogen (secondary N) is 3. The zero-order valence-corrected chi connectivity index (χ0v) is 33.7. The number of hydroxylamine groups is 4. The summed E-state index contributed by atoms with van der Waals surface area (Å²) in [4.78, 5) is 96.2. The Morgan fingerprint density at radius 3 is 2.21 bits per heavy atom. The first kappa shape index (κ1) is 44.5. The summed E-state index contributed by atoms with van der Waals surface area (Å²) >= 11 is 0. The maximum atomic E-state index is 14.6. The number of amides is 6. The molecule has 0 aromatic rings. The largest absolute Gasteiger partial charge is 0.458 e. The zero-order valence-electron chi connectivity index (χ0n) is 33.7. The highest BCUT2D eigenvalue weighted by atomic mass is 16.6. The topological polar surface area (TPSA) is 240 Å². The van der Waals surface area contributed by atoms with Crippen molar-refractivity contribution >= 4 is 47.6 Å². The fraction of sp³-hybridized carbons (Fsp3) is 0.784. The second-order valence-electron chi connectivity index (χ2n) is 16.1. The molecule has 19 heteroatoms. The molecule has 0 aromatic carbocycles. The molecule has 4 rings (SSSR count). The number of ether oxygens (including phenoxy) is 2. The van der Waals surface area contributed by atoms with Crippen LogP contribution in [0.5, 0.6) is 0 Å². The van der Waals surface area contributed by atoms with Crippen molar-refractivity contribution in [1.29, 1.82) is 0 Å². The first-order valence-corrected chi connectivity index (χ1v) is 19.7. The van der Waals surface area contributed by atoms with Gasteiger partial charge in [0.05, 0.1) is 24.7 Å². The van der Waals surface area contributed by atoms with Gasteiger partial charge >= 0.3 is 5.97 Å². The van der Waals surface area contributed by atoms with Crippen LogP contribution in [-0.2, 0) is 43.0 Å². The van der Waals surface area contributed by atoms with Crippen LogP contribution in [0.15, 0.2) is 5.10 Å². The summed E-state index contributed by atoms with van der Waals surface area (Å²) in [6.07, 6.45) is 2.49. The van der Waals surface area contributed by atoms with Crippen LogP contribution in [0.2, 0.25) is 0 Å². The molecular formula is C37H60N8O11. The third-order valence-corrected chi connectivity index (χ3v) is 11.1. The van der Waals surface area contributed by atoms with Gasteiger partial charge in [0.2, 0.25) is 11.8 Å². The lowest BCUT2D eigenvalue weighted by Gasteiger charge is -2.39. The predicted molar refractivity (Wildman–Crippen MR) is 198 cm³/mol. The molecule has 5 N–H and O–H groups in total. The molecule has 0 saturated carbocycles. The number of cyclic esters (lactones) is 1. The number of fused-ring (bicyclic) bond motifs is 2. The number of hydrogen-bond acceptors (Lipinski definition) is 13. The molecule has 3 fully saturated rings. The van der Waals surface area contributed by atoms with Gasteiger partial charge in [-0.05, 0) is 83.5 Å². The molecule has 10 unspecified atom stereocenters. The van der Waals surface area contributed by atoms with Crippen LogP contribution in [0.3, 0.4) is 0 Å². The van der Waals surface area contributed by atoms with Crippen molar-refractivity contribution in [2.24, 2.45) is 28.8 Å². The van der Waals surface area contributed by atoms with Gasteiger partial charge in [-0.15, -0.1) is 0 Å². The smallest absolute Gasteiger partial charge is 0.331 e. The summed E-state index contributed by atoms with van der Waals surface area (Å²) in [5.41, 5.74) is 2.78. The van der Waals surface area contributed by atoms with Crippen molar-refractivity contribution in [3.8, 4) is 0 Å². The highest BCUT2D eigenvalue weighted by Gasteiger charge is 2.47. The third kappa shape index (κ3) is 10.2. The maximum Gasteiger partial charge on any atom is 0.331 e. The Hall–Kier alpha value is -4.20. The summed E-state index contributed by atoms with van der Waals surface area (Å²) in [7, 11) is 0. The SMILES string of the molecule is CC(C)CC1CCC(C(C)C(=O)NC2C(=O)N3N=CCCC3C(=O)N(O)C(C)C(=O)NCC(=O)N3NCCCC3C(=O)N(O)C(C)C(=O)OC2C(C)C)OC1C. The quantitative estimate of drug-likeness (QED) is 0.185. The zero-order chi connectivity index (χ0) is 41.6. The summed E-state index contributed by atoms with van der Waals surface area (Å²) in [5.74, 6) is -7.09. The Kier molecular flexibility index (Phi) is 15.3. The minimum Gasteiger partial charge on any atom is -0.458 e. The molecule has 56 heavy (non-hydrogen) atoms. The Bertz CT molecular complexity index is 1510. The Labute approximate surface area is 327 Å². The van der Waals surface area contributed by atoms with E-state index in [-0.39, 0.29) is 35.5 Å². The van der Waals surface area contributed by atoms with Crippen molar-refractivity contribution in [2.45, 2.75) is 149 Å². The molecule has 3 saturated heterocycles. The molecule has 0 radical (unpaired) electrons. The lowest BCUT2D eigenvalue weighted by atomic mass is 9.83. The van der Waals surface area contributed by atoms with E-state index in [9.17, 15) is 44.0 Å². The van der Waals surface area contributed by atoms with Crippen molar-refractivity contribution in [3.05, 3.63) is 0 Å². The van der Waals surface area contributed by atoms with E-state index in [2.05, 4.69) is 35.0 Å². The third-order valence-electron chi connectivity index (χ3n) is 11.1. The van der Waals surface area contributed by atoms with Crippen LogP contribution in [0.25, 0.3) is 0 Å². The Morgan fingerprint density at radius 2 is 1.57 bits per heavy atom. The van der Waals surface area contributed by atoms with Gasteiger partial charge in [0.1, 0.15) is 30.3 Å². The Balaban J connectivity index is 1.72. The molecule has 0 bridgehead atoms. The normalized spacial score (nSPS) is 32.6. The van der Waals surface area contributed by atoms with Gasteiger partial charge in [-0.3, -0.25) is 44.2 Å². The standard InChI is InChI=1S/C37H60N8O11/c1-19(2)17-25-13-14-28(55-24(25)8)21(5)32(47)41-30-31(20(3)4)56-37(52)23(7)45(54)34(49)26-11-9-15-39-42(26)29(46)18-38-33(48)22(6)44(53)35(50)27-12-10-16-40-43(27)36(30)51/h16,19-28,30-31,39,53-54H,9-15,17-18H2,1-8H3,(H,38,48)(H,41,47). The van der Waals surface area contributed by atoms with Gasteiger partial charge in [0.25, 0.3) is 23.6 Å². The van der Waals surface area contributed by atoms with Crippen molar-refractivity contribution in [1.82, 2.24) is 36.2 Å². The van der Waals surface area contributed by atoms with Gasteiger partial charge < -0.3 is 20.1 Å². The maximum absolute atomic E-state index is 14.6. The van der Waals surface area contributed by atoms with Crippen molar-refractivity contribution in [3.63, 3.8) is 0 Å². The van der Waals surface area contributed by atoms with E-state index in [4.69, 9.17) is 9.47 Å². The van der Waals surface area contributed by atoms with Crippen LogP contribution in [-0.4, -0.2) is 140 Å². The van der Waals surface area contributed by atoms with E-state index >= 15 is 0 Å². The number of rotatable bonds is 6. The molecule has 4 aliphatic rings. The molecule has 10 atom stereocenters. The summed E-state index contributed by atoms with van der Waals surface area (Å²) < 4.78 is 12.2. The lowest BCUT2D eigenvalue weighted by molar-refractivity contribution is -0.197. The number of hydrazone groups is 1. The summed E-state index contributed by atoms with van der Waals surface area (Å²) in [5, 5.41) is 33.4. The minimum atomic E-state index is -1.66. The summed E-state index contributed by atoms with van der Waals surface area (Å²) in [6, 6.07) is -7.56. The van der Waals surface area contributed by atoms with Crippen LogP contribution in [0.1, 0.15) is 100 Å². The lowest BCUT2D eigenvalue weighted by Crippen LogP contribution is -2.62. The van der Waals surface area contributed by atoms with Crippen molar-refractivity contribution < 1.29 is 53.4 Å². The van der Waals surface area contributed by atoms with E-state index in [1.807, 2.05) is 6.92 Å². The highest BCUT2D eigenvalue weighted by Crippen LogP contribution is 2.33. The first-order chi connectivity index (χ1) is 26.3. The molecule has 19 nitrogen and oxygen atoms in total. The van der Waals surface area contributed by atoms with Gasteiger partial charge in [-0.2, -0.15) is 5.10 Å². The van der Waals surface area contributed by atoms with E-state index in [1.165, 1.54) is 20.1 Å². The molecule has 314 valence electrons. The van der Waals surface area contributed by atoms with Gasteiger partial charge in [0, 0.05) is 12.8 Å². The first-order valence-electron chi connectivity index (χ1n) is 19.7. The van der Waals surface area contributed by atoms with Gasteiger partial charge in [-0.25, -0.2) is 25.4 Å². The van der Waals surface area contributed by atoms with Crippen molar-refractivity contribution in [2.75, 3.05) is 13.1 Å². The fourth-order valence-corrected chi connectivity index (χ4v) is 7.60. The van der Waals surface area contributed by atoms with E-state index in [0.717, 1.165) is 22.9 Å². The predicted octanol–water partition coefficient (Wildman–Crippen LogP) is 0.720. The van der Waals surface area contributed by atoms with Crippen LogP contribution < -0.4 is 16.1 Å². The number of nitrogens with zero attached hydrogens (tertiary/aromatic N) is 5. The van der Waals surface area contributed by atoms with E-state index < -0.39 is 102 Å². The molecule has 0 spiro atoms. The molecule has 6 amide bonds.